The molecule has 0 spiro atoms. The fourth-order valence-electron chi connectivity index (χ4n) is 5.43. The van der Waals surface area contributed by atoms with Crippen LogP contribution in [0.25, 0.3) is 0 Å². The first-order valence-electron chi connectivity index (χ1n) is 10.3. The molecule has 1 aromatic carbocycles. The lowest BCUT2D eigenvalue weighted by molar-refractivity contribution is -0.136. The second-order valence-corrected chi connectivity index (χ2v) is 8.58. The van der Waals surface area contributed by atoms with Crippen molar-refractivity contribution in [2.75, 3.05) is 13.1 Å². The highest BCUT2D eigenvalue weighted by Crippen LogP contribution is 2.36. The minimum atomic E-state index is -0.556. The van der Waals surface area contributed by atoms with Crippen LogP contribution in [0.5, 0.6) is 0 Å². The molecule has 7 heteroatoms. The molecule has 3 heterocycles. The largest absolute Gasteiger partial charge is 0.322 e. The van der Waals surface area contributed by atoms with Gasteiger partial charge >= 0.3 is 0 Å². The summed E-state index contributed by atoms with van der Waals surface area (Å²) in [6, 6.07) is 6.09. The van der Waals surface area contributed by atoms with Crippen LogP contribution in [-0.2, 0) is 22.7 Å². The van der Waals surface area contributed by atoms with Crippen LogP contribution in [0.3, 0.4) is 0 Å². The molecular formula is C21H26N4O3. The molecule has 2 bridgehead atoms. The van der Waals surface area contributed by atoms with E-state index in [0.717, 1.165) is 41.6 Å². The Morgan fingerprint density at radius 1 is 1.18 bits per heavy atom. The van der Waals surface area contributed by atoms with Gasteiger partial charge < -0.3 is 15.5 Å². The van der Waals surface area contributed by atoms with E-state index in [1.54, 1.807) is 4.90 Å². The van der Waals surface area contributed by atoms with Crippen molar-refractivity contribution in [2.24, 2.45) is 11.8 Å². The maximum atomic E-state index is 13.1. The molecule has 4 aliphatic rings. The number of benzene rings is 1. The maximum absolute atomic E-state index is 13.1. The van der Waals surface area contributed by atoms with Gasteiger partial charge in [-0.1, -0.05) is 18.2 Å². The lowest BCUT2D eigenvalue weighted by Crippen LogP contribution is -2.52. The van der Waals surface area contributed by atoms with Gasteiger partial charge in [-0.25, -0.2) is 0 Å². The fourth-order valence-corrected chi connectivity index (χ4v) is 5.43. The van der Waals surface area contributed by atoms with E-state index in [1.165, 1.54) is 12.8 Å². The number of imide groups is 1. The molecule has 1 unspecified atom stereocenters. The zero-order valence-corrected chi connectivity index (χ0v) is 15.9. The highest BCUT2D eigenvalue weighted by molar-refractivity contribution is 6.05. The van der Waals surface area contributed by atoms with Crippen molar-refractivity contribution in [2.45, 2.75) is 50.9 Å². The van der Waals surface area contributed by atoms with Gasteiger partial charge in [0.2, 0.25) is 11.8 Å². The lowest BCUT2D eigenvalue weighted by atomic mass is 9.95. The number of nitrogens with one attached hydrogen (secondary N) is 3. The Hall–Kier alpha value is -2.25. The smallest absolute Gasteiger partial charge is 0.255 e. The molecule has 148 valence electrons. The van der Waals surface area contributed by atoms with E-state index in [1.807, 2.05) is 18.2 Å². The predicted molar refractivity (Wildman–Crippen MR) is 102 cm³/mol. The summed E-state index contributed by atoms with van der Waals surface area (Å²) in [4.78, 5) is 38.3. The molecule has 3 N–H and O–H groups in total. The third kappa shape index (κ3) is 3.02. The molecule has 1 aromatic rings. The Labute approximate surface area is 164 Å². The van der Waals surface area contributed by atoms with Crippen molar-refractivity contribution in [1.82, 2.24) is 20.9 Å². The zero-order chi connectivity index (χ0) is 19.3. The van der Waals surface area contributed by atoms with Crippen LogP contribution in [0.2, 0.25) is 0 Å². The first-order valence-corrected chi connectivity index (χ1v) is 10.3. The van der Waals surface area contributed by atoms with Crippen LogP contribution in [0.1, 0.15) is 47.2 Å². The molecule has 4 atom stereocenters. The minimum absolute atomic E-state index is 0.0916. The van der Waals surface area contributed by atoms with Gasteiger partial charge in [-0.2, -0.15) is 0 Å². The predicted octanol–water partition coefficient (Wildman–Crippen LogP) is 0.535. The summed E-state index contributed by atoms with van der Waals surface area (Å²) in [5.74, 6) is 0.793. The number of hydrogen-bond donors (Lipinski definition) is 3. The Bertz CT molecular complexity index is 839. The van der Waals surface area contributed by atoms with Gasteiger partial charge in [-0.3, -0.25) is 19.7 Å². The van der Waals surface area contributed by atoms with E-state index in [9.17, 15) is 14.4 Å². The van der Waals surface area contributed by atoms with Crippen LogP contribution in [0.4, 0.5) is 0 Å². The first kappa shape index (κ1) is 17.8. The highest BCUT2D eigenvalue weighted by atomic mass is 16.2. The number of carbonyl (C=O) groups is 3. The Kier molecular flexibility index (Phi) is 4.44. The minimum Gasteiger partial charge on any atom is -0.322 e. The van der Waals surface area contributed by atoms with E-state index in [-0.39, 0.29) is 24.1 Å². The molecule has 3 fully saturated rings. The summed E-state index contributed by atoms with van der Waals surface area (Å²) in [6.45, 7) is 3.22. The summed E-state index contributed by atoms with van der Waals surface area (Å²) in [5, 5.41) is 9.47. The van der Waals surface area contributed by atoms with Crippen LogP contribution in [0.15, 0.2) is 18.2 Å². The first-order chi connectivity index (χ1) is 13.6. The van der Waals surface area contributed by atoms with Gasteiger partial charge in [-0.15, -0.1) is 0 Å². The Balaban J connectivity index is 1.26. The molecule has 3 amide bonds. The monoisotopic (exact) mass is 382 g/mol. The molecule has 1 aliphatic carbocycles. The summed E-state index contributed by atoms with van der Waals surface area (Å²) in [6.07, 6.45) is 3.22. The number of amides is 3. The van der Waals surface area contributed by atoms with Gasteiger partial charge in [0.25, 0.3) is 5.91 Å². The lowest BCUT2D eigenvalue weighted by Gasteiger charge is -2.29. The molecule has 5 rings (SSSR count). The fraction of sp³-hybridized carbons (Fsp3) is 0.571. The Morgan fingerprint density at radius 2 is 2.07 bits per heavy atom. The summed E-state index contributed by atoms with van der Waals surface area (Å²) >= 11 is 0. The molecule has 28 heavy (non-hydrogen) atoms. The van der Waals surface area contributed by atoms with Gasteiger partial charge in [0, 0.05) is 31.1 Å². The van der Waals surface area contributed by atoms with Gasteiger partial charge in [-0.05, 0) is 55.3 Å². The third-order valence-electron chi connectivity index (χ3n) is 6.87. The van der Waals surface area contributed by atoms with Crippen molar-refractivity contribution >= 4 is 17.7 Å². The second kappa shape index (κ2) is 6.97. The van der Waals surface area contributed by atoms with E-state index < -0.39 is 6.04 Å². The normalized spacial score (nSPS) is 31.4. The average molecular weight is 382 g/mol. The average Bonchev–Trinajstić information content (AvgIpc) is 3.37. The van der Waals surface area contributed by atoms with Gasteiger partial charge in [0.05, 0.1) is 0 Å². The maximum Gasteiger partial charge on any atom is 0.255 e. The number of piperidine rings is 2. The molecule has 3 aliphatic heterocycles. The second-order valence-electron chi connectivity index (χ2n) is 8.58. The van der Waals surface area contributed by atoms with Crippen LogP contribution in [0, 0.1) is 11.8 Å². The van der Waals surface area contributed by atoms with E-state index >= 15 is 0 Å². The number of rotatable bonds is 5. The van der Waals surface area contributed by atoms with Crippen LogP contribution >= 0.6 is 0 Å². The van der Waals surface area contributed by atoms with Gasteiger partial charge in [0.1, 0.15) is 6.04 Å². The van der Waals surface area contributed by atoms with Crippen molar-refractivity contribution in [3.63, 3.8) is 0 Å². The van der Waals surface area contributed by atoms with Crippen LogP contribution in [-0.4, -0.2) is 47.8 Å². The molecular weight excluding hydrogens is 356 g/mol. The third-order valence-corrected chi connectivity index (χ3v) is 6.87. The van der Waals surface area contributed by atoms with Crippen molar-refractivity contribution in [3.8, 4) is 0 Å². The summed E-state index contributed by atoms with van der Waals surface area (Å²) in [7, 11) is 0. The number of fused-ring (bicyclic) bond motifs is 3. The molecule has 0 aromatic heterocycles. The van der Waals surface area contributed by atoms with E-state index in [4.69, 9.17) is 0 Å². The Morgan fingerprint density at radius 3 is 2.82 bits per heavy atom. The number of hydrogen-bond acceptors (Lipinski definition) is 5. The topological polar surface area (TPSA) is 90.5 Å². The quantitative estimate of drug-likeness (QED) is 0.647. The SMILES string of the molecule is O=C1CCC(N2Cc3cccc(CNC[C@@H]4C[C@@H]5C[C@H]4CN5)c3C2=O)C(=O)N1. The summed E-state index contributed by atoms with van der Waals surface area (Å²) < 4.78 is 0. The van der Waals surface area contributed by atoms with Crippen molar-refractivity contribution in [3.05, 3.63) is 34.9 Å². The van der Waals surface area contributed by atoms with E-state index in [0.29, 0.717) is 25.6 Å². The van der Waals surface area contributed by atoms with Crippen molar-refractivity contribution in [1.29, 1.82) is 0 Å². The standard InChI is InChI=1S/C21H26N4O3/c26-18-5-4-17(20(27)24-18)25-11-13-3-1-2-12(19(13)21(25)28)8-22-9-14-6-16-7-15(14)10-23-16/h1-3,14-17,22-23H,4-11H2,(H,24,26,27)/t14-,15-,16+,17?/m0/s1. The van der Waals surface area contributed by atoms with Crippen molar-refractivity contribution < 1.29 is 14.4 Å². The number of carbonyl (C=O) groups excluding carboxylic acids is 3. The molecule has 0 radical (unpaired) electrons. The zero-order valence-electron chi connectivity index (χ0n) is 15.9. The molecule has 2 saturated heterocycles. The van der Waals surface area contributed by atoms with E-state index in [2.05, 4.69) is 16.0 Å². The summed E-state index contributed by atoms with van der Waals surface area (Å²) in [5.41, 5.74) is 2.70. The highest BCUT2D eigenvalue weighted by Gasteiger charge is 2.40. The molecule has 1 saturated carbocycles. The molecule has 7 nitrogen and oxygen atoms in total. The number of nitrogens with zero attached hydrogens (tertiary/aromatic N) is 1. The van der Waals surface area contributed by atoms with Crippen LogP contribution < -0.4 is 16.0 Å². The van der Waals surface area contributed by atoms with Gasteiger partial charge in [0.15, 0.2) is 0 Å².